The van der Waals surface area contributed by atoms with Gasteiger partial charge in [0.1, 0.15) is 10.7 Å². The Kier molecular flexibility index (Phi) is 4.77. The zero-order valence-corrected chi connectivity index (χ0v) is 14.5. The van der Waals surface area contributed by atoms with Crippen LogP contribution in [0.25, 0.3) is 0 Å². The number of nitrogens with zero attached hydrogens (tertiary/aromatic N) is 1. The third-order valence-electron chi connectivity index (χ3n) is 3.28. The Hall–Kier alpha value is -0.510. The van der Waals surface area contributed by atoms with Gasteiger partial charge in [0.25, 0.3) is 0 Å². The molecule has 0 amide bonds. The molecule has 9 heteroatoms. The van der Waals surface area contributed by atoms with Crippen molar-refractivity contribution in [3.63, 3.8) is 0 Å². The first-order valence-corrected chi connectivity index (χ1v) is 10.5. The first-order valence-electron chi connectivity index (χ1n) is 6.26. The lowest BCUT2D eigenvalue weighted by atomic mass is 10.2. The minimum Gasteiger partial charge on any atom is -0.224 e. The van der Waals surface area contributed by atoms with E-state index in [-0.39, 0.29) is 16.3 Å². The van der Waals surface area contributed by atoms with Crippen LogP contribution < -0.4 is 0 Å². The second-order valence-electron chi connectivity index (χ2n) is 4.97. The number of piperidine rings is 1. The average molecular weight is 400 g/mol. The number of hydrogen-bond donors (Lipinski definition) is 0. The summed E-state index contributed by atoms with van der Waals surface area (Å²) < 4.78 is 63.1. The second-order valence-corrected chi connectivity index (χ2v) is 10.2. The van der Waals surface area contributed by atoms with Crippen LogP contribution in [0.5, 0.6) is 0 Å². The maximum Gasteiger partial charge on any atom is 0.246 e. The van der Waals surface area contributed by atoms with Crippen molar-refractivity contribution in [2.45, 2.75) is 27.5 Å². The molecule has 0 N–H and O–H groups in total. The van der Waals surface area contributed by atoms with E-state index in [1.807, 2.05) is 0 Å². The van der Waals surface area contributed by atoms with Crippen LogP contribution in [0.1, 0.15) is 12.8 Å². The Morgan fingerprint density at radius 2 is 1.95 bits per heavy atom. The van der Waals surface area contributed by atoms with E-state index in [9.17, 15) is 21.2 Å². The smallest absolute Gasteiger partial charge is 0.224 e. The Morgan fingerprint density at radius 1 is 1.29 bits per heavy atom. The standard InChI is InChI=1S/C12H15BrFNO4S2/c1-20(16,17)10-4-5-11(14)12(7-10)21(18,19)15-6-2-3-9(13)8-15/h4-5,7,9H,2-3,6,8H2,1H3. The summed E-state index contributed by atoms with van der Waals surface area (Å²) >= 11 is 3.36. The highest BCUT2D eigenvalue weighted by Gasteiger charge is 2.32. The molecule has 21 heavy (non-hydrogen) atoms. The van der Waals surface area contributed by atoms with Crippen molar-refractivity contribution in [3.05, 3.63) is 24.0 Å². The fourth-order valence-electron chi connectivity index (χ4n) is 2.16. The molecule has 2 rings (SSSR count). The predicted octanol–water partition coefficient (Wildman–Crippen LogP) is 1.78. The zero-order valence-electron chi connectivity index (χ0n) is 11.3. The van der Waals surface area contributed by atoms with Crippen molar-refractivity contribution < 1.29 is 21.2 Å². The van der Waals surface area contributed by atoms with E-state index < -0.39 is 30.6 Å². The third kappa shape index (κ3) is 3.64. The molecule has 1 saturated heterocycles. The summed E-state index contributed by atoms with van der Waals surface area (Å²) in [4.78, 5) is -0.788. The minimum absolute atomic E-state index is 0.0159. The molecule has 0 aromatic heterocycles. The van der Waals surface area contributed by atoms with Gasteiger partial charge in [0, 0.05) is 24.2 Å². The minimum atomic E-state index is -4.04. The molecule has 1 fully saturated rings. The highest BCUT2D eigenvalue weighted by atomic mass is 79.9. The molecule has 1 atom stereocenters. The Bertz CT molecular complexity index is 749. The van der Waals surface area contributed by atoms with Crippen molar-refractivity contribution in [3.8, 4) is 0 Å². The van der Waals surface area contributed by atoms with Crippen LogP contribution >= 0.6 is 15.9 Å². The lowest BCUT2D eigenvalue weighted by Crippen LogP contribution is -2.40. The van der Waals surface area contributed by atoms with E-state index in [2.05, 4.69) is 15.9 Å². The van der Waals surface area contributed by atoms with Crippen molar-refractivity contribution >= 4 is 35.8 Å². The van der Waals surface area contributed by atoms with Crippen molar-refractivity contribution in [1.29, 1.82) is 0 Å². The van der Waals surface area contributed by atoms with Crippen molar-refractivity contribution in [1.82, 2.24) is 4.31 Å². The highest BCUT2D eigenvalue weighted by molar-refractivity contribution is 9.09. The van der Waals surface area contributed by atoms with Crippen LogP contribution in [0, 0.1) is 5.82 Å². The monoisotopic (exact) mass is 399 g/mol. The number of benzene rings is 1. The van der Waals surface area contributed by atoms with Gasteiger partial charge in [0.2, 0.25) is 10.0 Å². The normalized spacial score (nSPS) is 21.4. The number of sulfone groups is 1. The summed E-state index contributed by atoms with van der Waals surface area (Å²) in [6.07, 6.45) is 2.46. The summed E-state index contributed by atoms with van der Waals surface area (Å²) in [6, 6.07) is 2.82. The molecule has 0 spiro atoms. The van der Waals surface area contributed by atoms with Gasteiger partial charge in [-0.3, -0.25) is 0 Å². The van der Waals surface area contributed by atoms with Gasteiger partial charge in [-0.05, 0) is 31.0 Å². The number of halogens is 2. The molecular formula is C12H15BrFNO4S2. The first-order chi connectivity index (χ1) is 9.62. The van der Waals surface area contributed by atoms with Gasteiger partial charge >= 0.3 is 0 Å². The van der Waals surface area contributed by atoms with E-state index in [0.29, 0.717) is 13.0 Å². The zero-order chi connectivity index (χ0) is 15.8. The molecule has 1 aliphatic heterocycles. The first kappa shape index (κ1) is 16.9. The Labute approximate surface area is 132 Å². The summed E-state index contributed by atoms with van der Waals surface area (Å²) in [7, 11) is -7.65. The van der Waals surface area contributed by atoms with Gasteiger partial charge < -0.3 is 0 Å². The molecule has 1 aliphatic rings. The lowest BCUT2D eigenvalue weighted by Gasteiger charge is -2.29. The van der Waals surface area contributed by atoms with Crippen LogP contribution in [0.2, 0.25) is 0 Å². The molecular weight excluding hydrogens is 385 g/mol. The maximum absolute atomic E-state index is 13.9. The summed E-state index contributed by atoms with van der Waals surface area (Å²) in [5.41, 5.74) is 0. The SMILES string of the molecule is CS(=O)(=O)c1ccc(F)c(S(=O)(=O)N2CCCC(Br)C2)c1. The summed E-state index contributed by atoms with van der Waals surface area (Å²) in [5, 5.41) is 0. The van der Waals surface area contributed by atoms with Crippen LogP contribution in [0.4, 0.5) is 4.39 Å². The van der Waals surface area contributed by atoms with Crippen molar-refractivity contribution in [2.75, 3.05) is 19.3 Å². The molecule has 1 unspecified atom stereocenters. The quantitative estimate of drug-likeness (QED) is 0.573. The molecule has 118 valence electrons. The average Bonchev–Trinajstić information content (AvgIpc) is 2.37. The highest BCUT2D eigenvalue weighted by Crippen LogP contribution is 2.27. The summed E-state index contributed by atoms with van der Waals surface area (Å²) in [6.45, 7) is 0.540. The van der Waals surface area contributed by atoms with Gasteiger partial charge in [0.15, 0.2) is 9.84 Å². The third-order valence-corrected chi connectivity index (χ3v) is 7.01. The van der Waals surface area contributed by atoms with E-state index in [0.717, 1.165) is 30.9 Å². The summed E-state index contributed by atoms with van der Waals surface area (Å²) in [5.74, 6) is -0.945. The largest absolute Gasteiger partial charge is 0.246 e. The molecule has 0 radical (unpaired) electrons. The van der Waals surface area contributed by atoms with Gasteiger partial charge in [0.05, 0.1) is 4.90 Å². The number of sulfonamides is 1. The molecule has 5 nitrogen and oxygen atoms in total. The van der Waals surface area contributed by atoms with Crippen molar-refractivity contribution in [2.24, 2.45) is 0 Å². The van der Waals surface area contributed by atoms with Gasteiger partial charge in [-0.25, -0.2) is 21.2 Å². The maximum atomic E-state index is 13.9. The molecule has 1 aromatic carbocycles. The Balaban J connectivity index is 2.49. The van der Waals surface area contributed by atoms with E-state index in [1.165, 1.54) is 4.31 Å². The topological polar surface area (TPSA) is 71.5 Å². The molecule has 0 aliphatic carbocycles. The molecule has 1 heterocycles. The number of hydrogen-bond acceptors (Lipinski definition) is 4. The van der Waals surface area contributed by atoms with E-state index in [1.54, 1.807) is 0 Å². The predicted molar refractivity (Wildman–Crippen MR) is 80.2 cm³/mol. The fraction of sp³-hybridized carbons (Fsp3) is 0.500. The molecule has 0 saturated carbocycles. The number of rotatable bonds is 3. The fourth-order valence-corrected chi connectivity index (χ4v) is 5.36. The van der Waals surface area contributed by atoms with E-state index in [4.69, 9.17) is 0 Å². The number of alkyl halides is 1. The Morgan fingerprint density at radius 3 is 2.52 bits per heavy atom. The second kappa shape index (κ2) is 5.94. The lowest BCUT2D eigenvalue weighted by molar-refractivity contribution is 0.354. The molecule has 0 bridgehead atoms. The van der Waals surface area contributed by atoms with Crippen LogP contribution in [0.3, 0.4) is 0 Å². The van der Waals surface area contributed by atoms with Crippen LogP contribution in [-0.4, -0.2) is 45.3 Å². The van der Waals surface area contributed by atoms with Gasteiger partial charge in [-0.15, -0.1) is 0 Å². The van der Waals surface area contributed by atoms with E-state index >= 15 is 0 Å². The van der Waals surface area contributed by atoms with Crippen LogP contribution in [-0.2, 0) is 19.9 Å². The van der Waals surface area contributed by atoms with Gasteiger partial charge in [-0.2, -0.15) is 4.31 Å². The van der Waals surface area contributed by atoms with Crippen LogP contribution in [0.15, 0.2) is 28.0 Å². The molecule has 1 aromatic rings. The van der Waals surface area contributed by atoms with Gasteiger partial charge in [-0.1, -0.05) is 15.9 Å².